The van der Waals surface area contributed by atoms with Gasteiger partial charge in [-0.1, -0.05) is 0 Å². The Balaban J connectivity index is 1.74. The summed E-state index contributed by atoms with van der Waals surface area (Å²) in [4.78, 5) is 29.3. The molecule has 0 spiro atoms. The molecule has 5 nitrogen and oxygen atoms in total. The molecule has 2 rings (SSSR count). The normalized spacial score (nSPS) is 14.7. The van der Waals surface area contributed by atoms with Crippen molar-refractivity contribution in [2.75, 3.05) is 6.54 Å². The monoisotopic (exact) mass is 323 g/mol. The van der Waals surface area contributed by atoms with Crippen molar-refractivity contribution in [3.63, 3.8) is 0 Å². The molecule has 1 heterocycles. The van der Waals surface area contributed by atoms with Crippen molar-refractivity contribution in [2.45, 2.75) is 58.9 Å². The Morgan fingerprint density at radius 2 is 2.00 bits per heavy atom. The van der Waals surface area contributed by atoms with E-state index in [1.54, 1.807) is 11.3 Å². The zero-order valence-corrected chi connectivity index (χ0v) is 14.6. The number of aromatic nitrogens is 1. The summed E-state index contributed by atoms with van der Waals surface area (Å²) in [7, 11) is 0. The first-order valence-corrected chi connectivity index (χ1v) is 8.64. The van der Waals surface area contributed by atoms with Gasteiger partial charge in [-0.3, -0.25) is 9.59 Å². The Labute approximate surface area is 135 Å². The van der Waals surface area contributed by atoms with Crippen molar-refractivity contribution in [3.8, 4) is 0 Å². The summed E-state index contributed by atoms with van der Waals surface area (Å²) in [5.74, 6) is 0.356. The van der Waals surface area contributed by atoms with Crippen LogP contribution in [0.4, 0.5) is 0 Å². The van der Waals surface area contributed by atoms with E-state index in [1.165, 1.54) is 4.88 Å². The number of rotatable bonds is 7. The minimum atomic E-state index is -0.460. The summed E-state index contributed by atoms with van der Waals surface area (Å²) in [6.07, 6.45) is 3.09. The Bertz CT molecular complexity index is 542. The number of carbonyl (C=O) groups is 2. The highest BCUT2D eigenvalue weighted by molar-refractivity contribution is 7.11. The molecule has 22 heavy (non-hydrogen) atoms. The lowest BCUT2D eigenvalue weighted by atomic mass is 10.1. The molecule has 122 valence electrons. The van der Waals surface area contributed by atoms with Crippen molar-refractivity contribution < 1.29 is 9.59 Å². The summed E-state index contributed by atoms with van der Waals surface area (Å²) in [5, 5.41) is 6.84. The molecule has 0 unspecified atom stereocenters. The SMILES string of the molecule is Cc1nc(C(C)(C)NC(=O)CCCNC(=O)C2CC2)sc1C. The van der Waals surface area contributed by atoms with E-state index in [-0.39, 0.29) is 17.7 Å². The Kier molecular flexibility index (Phi) is 5.21. The molecule has 0 atom stereocenters. The third-order valence-corrected chi connectivity index (χ3v) is 5.24. The van der Waals surface area contributed by atoms with E-state index < -0.39 is 5.54 Å². The van der Waals surface area contributed by atoms with Crippen molar-refractivity contribution in [1.29, 1.82) is 0 Å². The summed E-state index contributed by atoms with van der Waals surface area (Å²) in [6.45, 7) is 8.53. The number of nitrogens with zero attached hydrogens (tertiary/aromatic N) is 1. The average Bonchev–Trinajstić information content (AvgIpc) is 3.21. The van der Waals surface area contributed by atoms with Gasteiger partial charge in [-0.2, -0.15) is 0 Å². The van der Waals surface area contributed by atoms with Gasteiger partial charge in [-0.05, 0) is 47.0 Å². The first-order chi connectivity index (χ1) is 10.3. The highest BCUT2D eigenvalue weighted by atomic mass is 32.1. The quantitative estimate of drug-likeness (QED) is 0.757. The third kappa shape index (κ3) is 4.53. The van der Waals surface area contributed by atoms with Crippen LogP contribution < -0.4 is 10.6 Å². The highest BCUT2D eigenvalue weighted by Gasteiger charge is 2.29. The molecule has 1 aromatic heterocycles. The van der Waals surface area contributed by atoms with Gasteiger partial charge in [-0.15, -0.1) is 11.3 Å². The minimum absolute atomic E-state index is 0.00354. The number of amides is 2. The molecular weight excluding hydrogens is 298 g/mol. The van der Waals surface area contributed by atoms with Crippen molar-refractivity contribution in [3.05, 3.63) is 15.6 Å². The van der Waals surface area contributed by atoms with Crippen molar-refractivity contribution in [1.82, 2.24) is 15.6 Å². The van der Waals surface area contributed by atoms with Crippen molar-refractivity contribution >= 4 is 23.2 Å². The largest absolute Gasteiger partial charge is 0.356 e. The standard InChI is InChI=1S/C16H25N3O2S/c1-10-11(2)22-15(18-10)16(3,4)19-13(20)6-5-9-17-14(21)12-7-8-12/h12H,5-9H2,1-4H3,(H,17,21)(H,19,20). The lowest BCUT2D eigenvalue weighted by Gasteiger charge is -2.24. The van der Waals surface area contributed by atoms with E-state index in [0.29, 0.717) is 19.4 Å². The maximum Gasteiger partial charge on any atom is 0.223 e. The number of hydrogen-bond donors (Lipinski definition) is 2. The van der Waals surface area contributed by atoms with Gasteiger partial charge in [0.1, 0.15) is 5.01 Å². The zero-order valence-electron chi connectivity index (χ0n) is 13.8. The second-order valence-electron chi connectivity index (χ2n) is 6.50. The van der Waals surface area contributed by atoms with Crippen LogP contribution in [0.3, 0.4) is 0 Å². The van der Waals surface area contributed by atoms with Gasteiger partial charge in [0.2, 0.25) is 11.8 Å². The minimum Gasteiger partial charge on any atom is -0.356 e. The highest BCUT2D eigenvalue weighted by Crippen LogP contribution is 2.29. The lowest BCUT2D eigenvalue weighted by Crippen LogP contribution is -2.41. The molecule has 1 aliphatic rings. The van der Waals surface area contributed by atoms with E-state index in [2.05, 4.69) is 15.6 Å². The zero-order chi connectivity index (χ0) is 16.3. The number of nitrogens with one attached hydrogen (secondary N) is 2. The van der Waals surface area contributed by atoms with Crippen LogP contribution in [0, 0.1) is 19.8 Å². The topological polar surface area (TPSA) is 71.1 Å². The van der Waals surface area contributed by atoms with Crippen molar-refractivity contribution in [2.24, 2.45) is 5.92 Å². The maximum absolute atomic E-state index is 12.1. The molecule has 1 aliphatic carbocycles. The molecule has 2 amide bonds. The molecule has 0 radical (unpaired) electrons. The van der Waals surface area contributed by atoms with E-state index in [1.807, 2.05) is 27.7 Å². The fraction of sp³-hybridized carbons (Fsp3) is 0.688. The smallest absolute Gasteiger partial charge is 0.223 e. The first-order valence-electron chi connectivity index (χ1n) is 7.83. The van der Waals surface area contributed by atoms with Crippen LogP contribution in [0.15, 0.2) is 0 Å². The molecule has 0 bridgehead atoms. The fourth-order valence-electron chi connectivity index (χ4n) is 2.15. The molecule has 6 heteroatoms. The number of carbonyl (C=O) groups excluding carboxylic acids is 2. The molecule has 0 aliphatic heterocycles. The molecule has 2 N–H and O–H groups in total. The van der Waals surface area contributed by atoms with Gasteiger partial charge in [-0.25, -0.2) is 4.98 Å². The molecule has 0 aromatic carbocycles. The van der Waals surface area contributed by atoms with Gasteiger partial charge in [0, 0.05) is 23.8 Å². The Hall–Kier alpha value is -1.43. The summed E-state index contributed by atoms with van der Waals surface area (Å²) < 4.78 is 0. The second kappa shape index (κ2) is 6.77. The van der Waals surface area contributed by atoms with Gasteiger partial charge in [0.15, 0.2) is 0 Å². The van der Waals surface area contributed by atoms with E-state index in [0.717, 1.165) is 23.5 Å². The summed E-state index contributed by atoms with van der Waals surface area (Å²) in [5.41, 5.74) is 0.558. The molecule has 1 fully saturated rings. The van der Waals surface area contributed by atoms with Gasteiger partial charge < -0.3 is 10.6 Å². The van der Waals surface area contributed by atoms with Gasteiger partial charge >= 0.3 is 0 Å². The van der Waals surface area contributed by atoms with Gasteiger partial charge in [0.25, 0.3) is 0 Å². The average molecular weight is 323 g/mol. The van der Waals surface area contributed by atoms with Crippen LogP contribution in [-0.2, 0) is 15.1 Å². The molecule has 1 saturated carbocycles. The van der Waals surface area contributed by atoms with Crippen LogP contribution >= 0.6 is 11.3 Å². The maximum atomic E-state index is 12.1. The molecule has 1 aromatic rings. The number of thiazole rings is 1. The van der Waals surface area contributed by atoms with Gasteiger partial charge in [0.05, 0.1) is 11.2 Å². The predicted octanol–water partition coefficient (Wildman–Crippen LogP) is 2.42. The summed E-state index contributed by atoms with van der Waals surface area (Å²) >= 11 is 1.62. The van der Waals surface area contributed by atoms with E-state index in [4.69, 9.17) is 0 Å². The first kappa shape index (κ1) is 16.9. The predicted molar refractivity (Wildman–Crippen MR) is 87.7 cm³/mol. The lowest BCUT2D eigenvalue weighted by molar-refractivity contribution is -0.124. The number of aryl methyl sites for hydroxylation is 2. The Morgan fingerprint density at radius 1 is 1.32 bits per heavy atom. The van der Waals surface area contributed by atoms with Crippen LogP contribution in [0.5, 0.6) is 0 Å². The summed E-state index contributed by atoms with van der Waals surface area (Å²) in [6, 6.07) is 0. The van der Waals surface area contributed by atoms with E-state index >= 15 is 0 Å². The van der Waals surface area contributed by atoms with Crippen LogP contribution in [0.25, 0.3) is 0 Å². The van der Waals surface area contributed by atoms with Crippen LogP contribution in [0.1, 0.15) is 55.1 Å². The van der Waals surface area contributed by atoms with Crippen LogP contribution in [0.2, 0.25) is 0 Å². The van der Waals surface area contributed by atoms with E-state index in [9.17, 15) is 9.59 Å². The third-order valence-electron chi connectivity index (χ3n) is 3.84. The number of hydrogen-bond acceptors (Lipinski definition) is 4. The fourth-order valence-corrected chi connectivity index (χ4v) is 3.13. The molecule has 0 saturated heterocycles. The Morgan fingerprint density at radius 3 is 2.55 bits per heavy atom. The second-order valence-corrected chi connectivity index (χ2v) is 7.71. The van der Waals surface area contributed by atoms with Crippen LogP contribution in [-0.4, -0.2) is 23.3 Å². The molecular formula is C16H25N3O2S.